The highest BCUT2D eigenvalue weighted by Crippen LogP contribution is 2.30. The van der Waals surface area contributed by atoms with Crippen LogP contribution < -0.4 is 15.1 Å². The van der Waals surface area contributed by atoms with Gasteiger partial charge in [0.2, 0.25) is 0 Å². The fourth-order valence-electron chi connectivity index (χ4n) is 3.56. The quantitative estimate of drug-likeness (QED) is 0.626. The lowest BCUT2D eigenvalue weighted by Gasteiger charge is -2.26. The largest absolute Gasteiger partial charge is 0.410 e. The number of hydrogen-bond acceptors (Lipinski definition) is 7. The van der Waals surface area contributed by atoms with E-state index in [1.165, 1.54) is 28.1 Å². The van der Waals surface area contributed by atoms with E-state index in [9.17, 15) is 23.9 Å². The summed E-state index contributed by atoms with van der Waals surface area (Å²) >= 11 is 5.78. The highest BCUT2D eigenvalue weighted by molar-refractivity contribution is 6.30. The van der Waals surface area contributed by atoms with Crippen molar-refractivity contribution in [1.29, 1.82) is 0 Å². The molecule has 0 spiro atoms. The van der Waals surface area contributed by atoms with E-state index in [0.29, 0.717) is 30.2 Å². The molecule has 2 aliphatic rings. The number of halogens is 2. The first-order valence-corrected chi connectivity index (χ1v) is 10.4. The molecule has 1 unspecified atom stereocenters. The predicted molar refractivity (Wildman–Crippen MR) is 114 cm³/mol. The fourth-order valence-corrected chi connectivity index (χ4v) is 3.80. The summed E-state index contributed by atoms with van der Waals surface area (Å²) in [6.45, 7) is 0.721. The lowest BCUT2D eigenvalue weighted by atomic mass is 10.2. The Morgan fingerprint density at radius 2 is 2.09 bits per heavy atom. The number of rotatable bonds is 5. The second kappa shape index (κ2) is 9.30. The standard InChI is InChI=1S/C21H20ClFN4O6/c22-14-7-13(8-15(23)9-14)10-25-20(30)33-21(31)3-4-26(19(21)29)16-1-2-17(24-11-16)27-5-6-32-12-18(27)28/h1-2,7-9,11,31H,3-6,10,12H2,(H,25,30). The third-order valence-electron chi connectivity index (χ3n) is 5.18. The number of carbonyl (C=O) groups is 3. The molecule has 12 heteroatoms. The number of alkyl carbamates (subject to hydrolysis) is 1. The van der Waals surface area contributed by atoms with Crippen molar-refractivity contribution in [2.75, 3.05) is 36.1 Å². The van der Waals surface area contributed by atoms with Crippen molar-refractivity contribution in [1.82, 2.24) is 10.3 Å². The number of aliphatic hydroxyl groups is 1. The summed E-state index contributed by atoms with van der Waals surface area (Å²) in [6, 6.07) is 6.94. The molecule has 2 N–H and O–H groups in total. The normalized spacial score (nSPS) is 20.8. The Morgan fingerprint density at radius 3 is 2.79 bits per heavy atom. The van der Waals surface area contributed by atoms with Crippen molar-refractivity contribution in [3.05, 3.63) is 52.9 Å². The van der Waals surface area contributed by atoms with E-state index in [-0.39, 0.29) is 37.0 Å². The molecule has 4 rings (SSSR count). The van der Waals surface area contributed by atoms with Crippen molar-refractivity contribution in [3.8, 4) is 0 Å². The minimum Gasteiger partial charge on any atom is -0.407 e. The van der Waals surface area contributed by atoms with Crippen LogP contribution in [0.1, 0.15) is 12.0 Å². The van der Waals surface area contributed by atoms with Gasteiger partial charge in [-0.1, -0.05) is 11.6 Å². The molecule has 3 heterocycles. The molecule has 1 atom stereocenters. The van der Waals surface area contributed by atoms with E-state index in [0.717, 1.165) is 6.07 Å². The third-order valence-corrected chi connectivity index (χ3v) is 5.40. The van der Waals surface area contributed by atoms with Gasteiger partial charge in [-0.3, -0.25) is 14.5 Å². The van der Waals surface area contributed by atoms with Gasteiger partial charge in [0.05, 0.1) is 25.0 Å². The van der Waals surface area contributed by atoms with Gasteiger partial charge in [-0.2, -0.15) is 0 Å². The van der Waals surface area contributed by atoms with Crippen LogP contribution in [-0.2, 0) is 25.6 Å². The number of hydrogen-bond donors (Lipinski definition) is 2. The number of pyridine rings is 1. The molecule has 2 aromatic rings. The maximum Gasteiger partial charge on any atom is 0.410 e. The summed E-state index contributed by atoms with van der Waals surface area (Å²) in [6.07, 6.45) is 0.192. The first-order valence-electron chi connectivity index (χ1n) is 10.1. The minimum absolute atomic E-state index is 0.0211. The second-order valence-corrected chi connectivity index (χ2v) is 7.92. The summed E-state index contributed by atoms with van der Waals surface area (Å²) in [5, 5.41) is 13.1. The van der Waals surface area contributed by atoms with E-state index >= 15 is 0 Å². The zero-order chi connectivity index (χ0) is 23.6. The van der Waals surface area contributed by atoms with Crippen LogP contribution in [0.5, 0.6) is 0 Å². The molecule has 1 aromatic heterocycles. The van der Waals surface area contributed by atoms with Gasteiger partial charge in [0.15, 0.2) is 0 Å². The Labute approximate surface area is 192 Å². The van der Waals surface area contributed by atoms with Crippen LogP contribution in [0.15, 0.2) is 36.5 Å². The molecule has 10 nitrogen and oxygen atoms in total. The van der Waals surface area contributed by atoms with Crippen molar-refractivity contribution >= 4 is 41.0 Å². The molecular formula is C21H20ClFN4O6. The molecule has 33 heavy (non-hydrogen) atoms. The molecule has 0 bridgehead atoms. The molecule has 0 radical (unpaired) electrons. The smallest absolute Gasteiger partial charge is 0.407 e. The number of carbonyl (C=O) groups excluding carboxylic acids is 3. The Kier molecular flexibility index (Phi) is 6.45. The molecular weight excluding hydrogens is 459 g/mol. The molecule has 3 amide bonds. The monoisotopic (exact) mass is 478 g/mol. The van der Waals surface area contributed by atoms with E-state index in [4.69, 9.17) is 21.1 Å². The van der Waals surface area contributed by atoms with Crippen LogP contribution in [0.2, 0.25) is 5.02 Å². The molecule has 2 saturated heterocycles. The van der Waals surface area contributed by atoms with Crippen LogP contribution in [0.3, 0.4) is 0 Å². The second-order valence-electron chi connectivity index (χ2n) is 7.48. The maximum absolute atomic E-state index is 13.4. The van der Waals surface area contributed by atoms with Gasteiger partial charge in [-0.15, -0.1) is 0 Å². The molecule has 0 aliphatic carbocycles. The van der Waals surface area contributed by atoms with Crippen LogP contribution in [0.25, 0.3) is 0 Å². The number of ether oxygens (including phenoxy) is 2. The number of anilines is 2. The van der Waals surface area contributed by atoms with Gasteiger partial charge in [0, 0.05) is 24.5 Å². The highest BCUT2D eigenvalue weighted by atomic mass is 35.5. The molecule has 1 aromatic carbocycles. The Balaban J connectivity index is 1.37. The topological polar surface area (TPSA) is 121 Å². The first kappa shape index (κ1) is 22.9. The SMILES string of the molecule is O=C(NCc1cc(F)cc(Cl)c1)OC1(O)CCN(c2ccc(N3CCOCC3=O)nc2)C1=O. The Morgan fingerprint density at radius 1 is 1.27 bits per heavy atom. The molecule has 174 valence electrons. The third kappa shape index (κ3) is 5.05. The minimum atomic E-state index is -2.36. The van der Waals surface area contributed by atoms with Crippen LogP contribution in [0, 0.1) is 5.82 Å². The van der Waals surface area contributed by atoms with Crippen LogP contribution in [-0.4, -0.2) is 60.1 Å². The average molecular weight is 479 g/mol. The van der Waals surface area contributed by atoms with Gasteiger partial charge in [0.25, 0.3) is 17.6 Å². The lowest BCUT2D eigenvalue weighted by molar-refractivity contribution is -0.175. The summed E-state index contributed by atoms with van der Waals surface area (Å²) in [7, 11) is 0. The van der Waals surface area contributed by atoms with Gasteiger partial charge >= 0.3 is 6.09 Å². The maximum atomic E-state index is 13.4. The first-order chi connectivity index (χ1) is 15.7. The Hall–Kier alpha value is -3.28. The van der Waals surface area contributed by atoms with Crippen molar-refractivity contribution in [3.63, 3.8) is 0 Å². The molecule has 2 fully saturated rings. The van der Waals surface area contributed by atoms with Crippen LogP contribution in [0.4, 0.5) is 20.7 Å². The zero-order valence-corrected chi connectivity index (χ0v) is 18.0. The number of nitrogens with zero attached hydrogens (tertiary/aromatic N) is 3. The van der Waals surface area contributed by atoms with Gasteiger partial charge in [-0.05, 0) is 35.9 Å². The number of amides is 3. The van der Waals surface area contributed by atoms with Crippen molar-refractivity contribution in [2.45, 2.75) is 18.8 Å². The zero-order valence-electron chi connectivity index (χ0n) is 17.3. The summed E-state index contributed by atoms with van der Waals surface area (Å²) < 4.78 is 23.5. The molecule has 2 aliphatic heterocycles. The van der Waals surface area contributed by atoms with Gasteiger partial charge in [-0.25, -0.2) is 14.2 Å². The van der Waals surface area contributed by atoms with Gasteiger partial charge < -0.3 is 24.8 Å². The summed E-state index contributed by atoms with van der Waals surface area (Å²) in [5.74, 6) is -3.55. The van der Waals surface area contributed by atoms with E-state index < -0.39 is 23.6 Å². The number of nitrogens with one attached hydrogen (secondary N) is 1. The van der Waals surface area contributed by atoms with Gasteiger partial charge in [0.1, 0.15) is 18.2 Å². The van der Waals surface area contributed by atoms with Crippen molar-refractivity contribution < 1.29 is 33.4 Å². The van der Waals surface area contributed by atoms with Crippen LogP contribution >= 0.6 is 11.6 Å². The Bertz CT molecular complexity index is 1060. The number of benzene rings is 1. The fraction of sp³-hybridized carbons (Fsp3) is 0.333. The van der Waals surface area contributed by atoms with Crippen molar-refractivity contribution in [2.24, 2.45) is 0 Å². The highest BCUT2D eigenvalue weighted by Gasteiger charge is 2.49. The lowest BCUT2D eigenvalue weighted by Crippen LogP contribution is -2.46. The van der Waals surface area contributed by atoms with E-state index in [1.807, 2.05) is 0 Å². The van der Waals surface area contributed by atoms with E-state index in [1.54, 1.807) is 12.1 Å². The number of aromatic nitrogens is 1. The average Bonchev–Trinajstić information content (AvgIpc) is 3.06. The summed E-state index contributed by atoms with van der Waals surface area (Å²) in [4.78, 5) is 43.8. The van der Waals surface area contributed by atoms with E-state index in [2.05, 4.69) is 10.3 Å². The predicted octanol–water partition coefficient (Wildman–Crippen LogP) is 1.59. The summed E-state index contributed by atoms with van der Waals surface area (Å²) in [5.41, 5.74) is 0.757. The number of morpholine rings is 1. The molecule has 0 saturated carbocycles.